The molecule has 3 heterocycles. The molecule has 126 valence electrons. The second kappa shape index (κ2) is 6.59. The van der Waals surface area contributed by atoms with Crippen molar-refractivity contribution < 1.29 is 14.7 Å². The van der Waals surface area contributed by atoms with E-state index in [-0.39, 0.29) is 17.9 Å². The lowest BCUT2D eigenvalue weighted by Gasteiger charge is -2.38. The Hall–Kier alpha value is -1.44. The first kappa shape index (κ1) is 16.4. The van der Waals surface area contributed by atoms with Crippen LogP contribution in [-0.2, 0) is 4.79 Å². The number of piperazine rings is 1. The minimum Gasteiger partial charge on any atom is -0.390 e. The minimum absolute atomic E-state index is 0.00650. The minimum atomic E-state index is -0.524. The van der Waals surface area contributed by atoms with Crippen LogP contribution >= 0.6 is 11.3 Å². The van der Waals surface area contributed by atoms with Crippen LogP contribution in [0.3, 0.4) is 0 Å². The van der Waals surface area contributed by atoms with Crippen LogP contribution in [0, 0.1) is 6.92 Å². The Bertz CT molecular complexity index is 595. The van der Waals surface area contributed by atoms with Gasteiger partial charge in [-0.05, 0) is 23.9 Å². The zero-order valence-electron chi connectivity index (χ0n) is 13.6. The molecule has 2 atom stereocenters. The number of hydrogen-bond acceptors (Lipinski definition) is 5. The van der Waals surface area contributed by atoms with Gasteiger partial charge in [0.2, 0.25) is 5.91 Å². The molecular weight excluding hydrogens is 314 g/mol. The number of likely N-dealkylation sites (tertiary alicyclic amines) is 1. The molecule has 2 aliphatic heterocycles. The first-order valence-corrected chi connectivity index (χ1v) is 8.85. The lowest BCUT2D eigenvalue weighted by Crippen LogP contribution is -2.54. The van der Waals surface area contributed by atoms with Crippen molar-refractivity contribution in [2.75, 3.05) is 39.3 Å². The second-order valence-electron chi connectivity index (χ2n) is 6.38. The molecule has 0 aliphatic carbocycles. The molecule has 0 bridgehead atoms. The zero-order valence-corrected chi connectivity index (χ0v) is 14.4. The molecule has 6 nitrogen and oxygen atoms in total. The molecule has 1 aromatic rings. The van der Waals surface area contributed by atoms with E-state index < -0.39 is 6.10 Å². The van der Waals surface area contributed by atoms with Gasteiger partial charge in [0.25, 0.3) is 5.91 Å². The Morgan fingerprint density at radius 3 is 2.43 bits per heavy atom. The van der Waals surface area contributed by atoms with Gasteiger partial charge in [-0.25, -0.2) is 0 Å². The predicted octanol–water partition coefficient (Wildman–Crippen LogP) is 0.406. The van der Waals surface area contributed by atoms with Gasteiger partial charge < -0.3 is 14.9 Å². The van der Waals surface area contributed by atoms with Crippen LogP contribution in [-0.4, -0.2) is 83.0 Å². The summed E-state index contributed by atoms with van der Waals surface area (Å²) < 4.78 is 0. The molecule has 2 fully saturated rings. The Morgan fingerprint density at radius 1 is 1.17 bits per heavy atom. The maximum Gasteiger partial charge on any atom is 0.264 e. The number of aryl methyl sites for hydroxylation is 1. The molecule has 0 saturated carbocycles. The van der Waals surface area contributed by atoms with Crippen molar-refractivity contribution in [3.63, 3.8) is 0 Å². The maximum atomic E-state index is 12.5. The quantitative estimate of drug-likeness (QED) is 0.849. The third kappa shape index (κ3) is 3.41. The number of hydrogen-bond donors (Lipinski definition) is 1. The average molecular weight is 337 g/mol. The summed E-state index contributed by atoms with van der Waals surface area (Å²) in [5.41, 5.74) is 1.09. The monoisotopic (exact) mass is 337 g/mol. The van der Waals surface area contributed by atoms with Gasteiger partial charge in [0.1, 0.15) is 0 Å². The van der Waals surface area contributed by atoms with Crippen molar-refractivity contribution in [1.29, 1.82) is 0 Å². The van der Waals surface area contributed by atoms with Crippen LogP contribution in [0.4, 0.5) is 0 Å². The summed E-state index contributed by atoms with van der Waals surface area (Å²) in [4.78, 5) is 30.4. The van der Waals surface area contributed by atoms with E-state index in [0.29, 0.717) is 26.2 Å². The number of aliphatic hydroxyl groups excluding tert-OH is 1. The van der Waals surface area contributed by atoms with Gasteiger partial charge in [-0.2, -0.15) is 0 Å². The number of β-amino-alcohol motifs (C(OH)–C–C–N with tert-alkyl or cyclic N) is 1. The predicted molar refractivity (Wildman–Crippen MR) is 88.6 cm³/mol. The summed E-state index contributed by atoms with van der Waals surface area (Å²) in [5.74, 6) is 0.105. The molecule has 1 aromatic heterocycles. The molecule has 2 saturated heterocycles. The summed E-state index contributed by atoms with van der Waals surface area (Å²) in [7, 11) is 0. The summed E-state index contributed by atoms with van der Waals surface area (Å²) in [5, 5.41) is 12.3. The van der Waals surface area contributed by atoms with Gasteiger partial charge in [-0.3, -0.25) is 14.5 Å². The molecule has 7 heteroatoms. The standard InChI is InChI=1S/C16H23N3O3S/c1-11-7-15(23-10-11)16(22)19-8-13(14(21)9-19)18-5-3-17(4-6-18)12(2)20/h7,10,13-14,21H,3-6,8-9H2,1-2H3/t13-,14-/m1/s1. The summed E-state index contributed by atoms with van der Waals surface area (Å²) in [6.45, 7) is 7.38. The lowest BCUT2D eigenvalue weighted by atomic mass is 10.1. The highest BCUT2D eigenvalue weighted by Crippen LogP contribution is 2.23. The molecule has 23 heavy (non-hydrogen) atoms. The van der Waals surface area contributed by atoms with Crippen LogP contribution in [0.25, 0.3) is 0 Å². The molecule has 3 rings (SSSR count). The van der Waals surface area contributed by atoms with Crippen LogP contribution in [0.5, 0.6) is 0 Å². The average Bonchev–Trinajstić information content (AvgIpc) is 3.13. The van der Waals surface area contributed by atoms with Gasteiger partial charge in [-0.15, -0.1) is 11.3 Å². The van der Waals surface area contributed by atoms with E-state index in [1.54, 1.807) is 11.8 Å². The SMILES string of the molecule is CC(=O)N1CCN([C@@H]2CN(C(=O)c3cc(C)cs3)C[C@H]2O)CC1. The molecule has 2 aliphatic rings. The Kier molecular flexibility index (Phi) is 4.70. The number of carbonyl (C=O) groups is 2. The van der Waals surface area contributed by atoms with Crippen LogP contribution in [0.2, 0.25) is 0 Å². The van der Waals surface area contributed by atoms with E-state index in [9.17, 15) is 14.7 Å². The Labute approximate surface area is 140 Å². The van der Waals surface area contributed by atoms with Crippen molar-refractivity contribution in [3.8, 4) is 0 Å². The van der Waals surface area contributed by atoms with E-state index in [2.05, 4.69) is 4.90 Å². The first-order chi connectivity index (χ1) is 11.0. The van der Waals surface area contributed by atoms with Gasteiger partial charge in [0.15, 0.2) is 0 Å². The highest BCUT2D eigenvalue weighted by atomic mass is 32.1. The van der Waals surface area contributed by atoms with Crippen molar-refractivity contribution in [2.24, 2.45) is 0 Å². The molecular formula is C16H23N3O3S. The highest BCUT2D eigenvalue weighted by molar-refractivity contribution is 7.12. The smallest absolute Gasteiger partial charge is 0.264 e. The van der Waals surface area contributed by atoms with Crippen molar-refractivity contribution >= 4 is 23.2 Å². The van der Waals surface area contributed by atoms with Gasteiger partial charge in [-0.1, -0.05) is 0 Å². The maximum absolute atomic E-state index is 12.5. The summed E-state index contributed by atoms with van der Waals surface area (Å²) in [6.07, 6.45) is -0.524. The highest BCUT2D eigenvalue weighted by Gasteiger charge is 2.39. The Morgan fingerprint density at radius 2 is 1.87 bits per heavy atom. The van der Waals surface area contributed by atoms with E-state index in [1.807, 2.05) is 23.3 Å². The van der Waals surface area contributed by atoms with E-state index in [0.717, 1.165) is 23.5 Å². The summed E-state index contributed by atoms with van der Waals surface area (Å²) in [6, 6.07) is 1.87. The fraction of sp³-hybridized carbons (Fsp3) is 0.625. The molecule has 0 unspecified atom stereocenters. The van der Waals surface area contributed by atoms with Gasteiger partial charge in [0.05, 0.1) is 17.0 Å². The zero-order chi connectivity index (χ0) is 16.6. The number of rotatable bonds is 2. The number of thiophene rings is 1. The third-order valence-electron chi connectivity index (χ3n) is 4.72. The Balaban J connectivity index is 1.61. The van der Waals surface area contributed by atoms with Crippen molar-refractivity contribution in [2.45, 2.75) is 26.0 Å². The number of amides is 2. The third-order valence-corrected chi connectivity index (χ3v) is 5.75. The lowest BCUT2D eigenvalue weighted by molar-refractivity contribution is -0.131. The largest absolute Gasteiger partial charge is 0.390 e. The van der Waals surface area contributed by atoms with Crippen LogP contribution in [0.1, 0.15) is 22.2 Å². The second-order valence-corrected chi connectivity index (χ2v) is 7.29. The van der Waals surface area contributed by atoms with Gasteiger partial charge in [0, 0.05) is 46.2 Å². The summed E-state index contributed by atoms with van der Waals surface area (Å²) >= 11 is 1.46. The van der Waals surface area contributed by atoms with Crippen LogP contribution < -0.4 is 0 Å². The first-order valence-electron chi connectivity index (χ1n) is 7.97. The molecule has 1 N–H and O–H groups in total. The van der Waals surface area contributed by atoms with E-state index in [1.165, 1.54) is 11.3 Å². The normalized spacial score (nSPS) is 25.9. The molecule has 2 amide bonds. The van der Waals surface area contributed by atoms with E-state index >= 15 is 0 Å². The van der Waals surface area contributed by atoms with Crippen molar-refractivity contribution in [3.05, 3.63) is 21.9 Å². The van der Waals surface area contributed by atoms with Crippen molar-refractivity contribution in [1.82, 2.24) is 14.7 Å². The number of carbonyl (C=O) groups excluding carboxylic acids is 2. The fourth-order valence-electron chi connectivity index (χ4n) is 3.36. The molecule has 0 radical (unpaired) electrons. The molecule has 0 aromatic carbocycles. The topological polar surface area (TPSA) is 64.1 Å². The number of nitrogens with zero attached hydrogens (tertiary/aromatic N) is 3. The molecule has 0 spiro atoms. The fourth-order valence-corrected chi connectivity index (χ4v) is 4.23. The van der Waals surface area contributed by atoms with E-state index in [4.69, 9.17) is 0 Å². The van der Waals surface area contributed by atoms with Gasteiger partial charge >= 0.3 is 0 Å². The number of aliphatic hydroxyl groups is 1. The van der Waals surface area contributed by atoms with Crippen LogP contribution in [0.15, 0.2) is 11.4 Å².